The Bertz CT molecular complexity index is 487. The number of anilines is 1. The molecule has 1 aromatic carbocycles. The summed E-state index contributed by atoms with van der Waals surface area (Å²) in [6.45, 7) is 6.77. The van der Waals surface area contributed by atoms with Gasteiger partial charge in [0.2, 0.25) is 0 Å². The molecule has 1 aliphatic heterocycles. The first-order valence-corrected chi connectivity index (χ1v) is 8.97. The summed E-state index contributed by atoms with van der Waals surface area (Å²) in [4.78, 5) is 2.54. The van der Waals surface area contributed by atoms with Crippen LogP contribution in [0.2, 0.25) is 5.02 Å². The van der Waals surface area contributed by atoms with Crippen LogP contribution in [0.25, 0.3) is 0 Å². The number of rotatable bonds is 3. The van der Waals surface area contributed by atoms with Crippen LogP contribution in [0.3, 0.4) is 0 Å². The van der Waals surface area contributed by atoms with E-state index in [1.54, 1.807) is 0 Å². The first-order valence-electron chi connectivity index (χ1n) is 7.51. The van der Waals surface area contributed by atoms with Crippen LogP contribution in [0.15, 0.2) is 18.2 Å². The summed E-state index contributed by atoms with van der Waals surface area (Å²) in [5, 5.41) is 4.64. The number of hydrogen-bond acceptors (Lipinski definition) is 2. The minimum absolute atomic E-state index is 0.530. The van der Waals surface area contributed by atoms with Gasteiger partial charge >= 0.3 is 0 Å². The average molecular weight is 405 g/mol. The van der Waals surface area contributed by atoms with Crippen LogP contribution >= 0.6 is 34.2 Å². The molecule has 2 unspecified atom stereocenters. The van der Waals surface area contributed by atoms with Gasteiger partial charge in [-0.25, -0.2) is 0 Å². The van der Waals surface area contributed by atoms with E-state index in [1.807, 2.05) is 0 Å². The Morgan fingerprint density at radius 3 is 2.70 bits per heavy atom. The Kier molecular flexibility index (Phi) is 4.48. The number of nitrogens with zero attached hydrogens (tertiary/aromatic N) is 1. The van der Waals surface area contributed by atoms with E-state index >= 15 is 0 Å². The highest BCUT2D eigenvalue weighted by Gasteiger charge is 2.38. The molecule has 1 aromatic rings. The molecule has 20 heavy (non-hydrogen) atoms. The van der Waals surface area contributed by atoms with Gasteiger partial charge in [0, 0.05) is 28.7 Å². The van der Waals surface area contributed by atoms with Crippen molar-refractivity contribution in [1.29, 1.82) is 0 Å². The highest BCUT2D eigenvalue weighted by atomic mass is 127. The van der Waals surface area contributed by atoms with Crippen molar-refractivity contribution in [2.75, 3.05) is 18.0 Å². The third-order valence-electron chi connectivity index (χ3n) is 4.56. The van der Waals surface area contributed by atoms with Crippen molar-refractivity contribution in [1.82, 2.24) is 5.32 Å². The number of piperazine rings is 1. The van der Waals surface area contributed by atoms with Gasteiger partial charge in [-0.3, -0.25) is 0 Å². The van der Waals surface area contributed by atoms with Crippen molar-refractivity contribution in [3.8, 4) is 0 Å². The number of hydrogen-bond donors (Lipinski definition) is 1. The van der Waals surface area contributed by atoms with Crippen LogP contribution < -0.4 is 10.2 Å². The fourth-order valence-corrected chi connectivity index (χ4v) is 4.16. The summed E-state index contributed by atoms with van der Waals surface area (Å²) in [6, 6.07) is 7.59. The van der Waals surface area contributed by atoms with Crippen molar-refractivity contribution in [3.63, 3.8) is 0 Å². The molecule has 1 aliphatic carbocycles. The predicted molar refractivity (Wildman–Crippen MR) is 94.7 cm³/mol. The van der Waals surface area contributed by atoms with E-state index in [0.717, 1.165) is 24.0 Å². The second-order valence-corrected chi connectivity index (χ2v) is 8.06. The molecular formula is C16H22ClIN2. The summed E-state index contributed by atoms with van der Waals surface area (Å²) in [5.41, 5.74) is 1.21. The Labute approximate surface area is 140 Å². The van der Waals surface area contributed by atoms with E-state index in [9.17, 15) is 0 Å². The summed E-state index contributed by atoms with van der Waals surface area (Å²) in [7, 11) is 0. The predicted octanol–water partition coefficient (Wildman–Crippen LogP) is 4.16. The lowest BCUT2D eigenvalue weighted by Crippen LogP contribution is -2.59. The van der Waals surface area contributed by atoms with E-state index < -0.39 is 0 Å². The molecule has 2 fully saturated rings. The minimum Gasteiger partial charge on any atom is -0.364 e. The zero-order valence-corrected chi connectivity index (χ0v) is 15.0. The van der Waals surface area contributed by atoms with Gasteiger partial charge in [-0.2, -0.15) is 0 Å². The zero-order chi connectivity index (χ0) is 14.3. The van der Waals surface area contributed by atoms with E-state index in [0.29, 0.717) is 18.0 Å². The van der Waals surface area contributed by atoms with Gasteiger partial charge in [0.05, 0.1) is 10.7 Å². The molecule has 0 amide bonds. The molecule has 110 valence electrons. The molecule has 2 aliphatic rings. The largest absolute Gasteiger partial charge is 0.364 e. The maximum Gasteiger partial charge on any atom is 0.0650 e. The normalized spacial score (nSPS) is 27.1. The molecule has 1 heterocycles. The first-order chi connectivity index (χ1) is 9.56. The van der Waals surface area contributed by atoms with Crippen LogP contribution in [-0.2, 0) is 0 Å². The van der Waals surface area contributed by atoms with E-state index in [1.165, 1.54) is 22.1 Å². The minimum atomic E-state index is 0.530. The summed E-state index contributed by atoms with van der Waals surface area (Å²) >= 11 is 8.83. The van der Waals surface area contributed by atoms with Crippen LogP contribution in [0, 0.1) is 15.4 Å². The molecular weight excluding hydrogens is 383 g/mol. The highest BCUT2D eigenvalue weighted by molar-refractivity contribution is 14.1. The molecule has 1 N–H and O–H groups in total. The summed E-state index contributed by atoms with van der Waals surface area (Å²) < 4.78 is 1.20. The Balaban J connectivity index is 1.87. The summed E-state index contributed by atoms with van der Waals surface area (Å²) in [6.07, 6.45) is 2.77. The molecule has 2 atom stereocenters. The van der Waals surface area contributed by atoms with Crippen LogP contribution in [-0.4, -0.2) is 25.2 Å². The van der Waals surface area contributed by atoms with Crippen LogP contribution in [0.5, 0.6) is 0 Å². The average Bonchev–Trinajstić information content (AvgIpc) is 3.22. The topological polar surface area (TPSA) is 15.3 Å². The van der Waals surface area contributed by atoms with Gasteiger partial charge in [-0.05, 0) is 65.5 Å². The van der Waals surface area contributed by atoms with Crippen molar-refractivity contribution in [2.45, 2.75) is 38.8 Å². The second kappa shape index (κ2) is 6.01. The van der Waals surface area contributed by atoms with Gasteiger partial charge in [-0.15, -0.1) is 0 Å². The zero-order valence-electron chi connectivity index (χ0n) is 12.1. The van der Waals surface area contributed by atoms with Crippen molar-refractivity contribution < 1.29 is 0 Å². The first kappa shape index (κ1) is 14.9. The van der Waals surface area contributed by atoms with Crippen LogP contribution in [0.1, 0.15) is 26.7 Å². The Morgan fingerprint density at radius 2 is 2.10 bits per heavy atom. The lowest BCUT2D eigenvalue weighted by atomic mass is 9.96. The van der Waals surface area contributed by atoms with Gasteiger partial charge < -0.3 is 10.2 Å². The van der Waals surface area contributed by atoms with Gasteiger partial charge in [-0.1, -0.05) is 25.4 Å². The molecule has 0 radical (unpaired) electrons. The third kappa shape index (κ3) is 3.09. The Hall–Kier alpha value is -0.0000000000000000555. The molecule has 0 aromatic heterocycles. The van der Waals surface area contributed by atoms with Gasteiger partial charge in [0.25, 0.3) is 0 Å². The maximum absolute atomic E-state index is 6.51. The summed E-state index contributed by atoms with van der Waals surface area (Å²) in [5.74, 6) is 1.51. The number of benzene rings is 1. The van der Waals surface area contributed by atoms with E-state index in [4.69, 9.17) is 11.6 Å². The van der Waals surface area contributed by atoms with Crippen molar-refractivity contribution >= 4 is 39.9 Å². The molecule has 0 spiro atoms. The van der Waals surface area contributed by atoms with Gasteiger partial charge in [0.1, 0.15) is 0 Å². The third-order valence-corrected chi connectivity index (χ3v) is 5.54. The fourth-order valence-electron chi connectivity index (χ4n) is 3.20. The van der Waals surface area contributed by atoms with E-state index in [2.05, 4.69) is 64.9 Å². The van der Waals surface area contributed by atoms with Crippen molar-refractivity contribution in [2.24, 2.45) is 11.8 Å². The lowest BCUT2D eigenvalue weighted by Gasteiger charge is -2.44. The van der Waals surface area contributed by atoms with Crippen molar-refractivity contribution in [3.05, 3.63) is 26.8 Å². The SMILES string of the molecule is CC(C)C1CNC(C2CC2)CN1c1ccc(I)cc1Cl. The standard InChI is InChI=1S/C16H22ClIN2/c1-10(2)16-8-19-14(11-3-4-11)9-20(16)15-6-5-12(18)7-13(15)17/h5-7,10-11,14,16,19H,3-4,8-9H2,1-2H3. The highest BCUT2D eigenvalue weighted by Crippen LogP contribution is 2.37. The quantitative estimate of drug-likeness (QED) is 0.761. The smallest absolute Gasteiger partial charge is 0.0650 e. The molecule has 3 rings (SSSR count). The number of nitrogens with one attached hydrogen (secondary N) is 1. The second-order valence-electron chi connectivity index (χ2n) is 6.41. The fraction of sp³-hybridized carbons (Fsp3) is 0.625. The monoisotopic (exact) mass is 404 g/mol. The Morgan fingerprint density at radius 1 is 1.35 bits per heavy atom. The maximum atomic E-state index is 6.51. The molecule has 0 bridgehead atoms. The number of halogens is 2. The van der Waals surface area contributed by atoms with Gasteiger partial charge in [0.15, 0.2) is 0 Å². The lowest BCUT2D eigenvalue weighted by molar-refractivity contribution is 0.320. The van der Waals surface area contributed by atoms with E-state index in [-0.39, 0.29) is 0 Å². The molecule has 2 nitrogen and oxygen atoms in total. The molecule has 1 saturated heterocycles. The van der Waals surface area contributed by atoms with Crippen LogP contribution in [0.4, 0.5) is 5.69 Å². The molecule has 1 saturated carbocycles. The molecule has 4 heteroatoms.